The number of nitrogens with zero attached hydrogens (tertiary/aromatic N) is 4. The number of pyridine rings is 1. The molecule has 0 aliphatic rings. The first-order valence-electron chi connectivity index (χ1n) is 7.42. The first-order chi connectivity index (χ1) is 11.3. The van der Waals surface area contributed by atoms with Crippen molar-refractivity contribution in [3.8, 4) is 0 Å². The highest BCUT2D eigenvalue weighted by molar-refractivity contribution is 7.90. The second kappa shape index (κ2) is 6.16. The lowest BCUT2D eigenvalue weighted by Gasteiger charge is -2.19. The third-order valence-electron chi connectivity index (χ3n) is 3.75. The third-order valence-corrected chi connectivity index (χ3v) is 4.86. The lowest BCUT2D eigenvalue weighted by Crippen LogP contribution is -2.19. The van der Waals surface area contributed by atoms with E-state index in [2.05, 4.69) is 15.0 Å². The van der Waals surface area contributed by atoms with Crippen molar-refractivity contribution in [3.63, 3.8) is 0 Å². The van der Waals surface area contributed by atoms with Crippen molar-refractivity contribution in [3.05, 3.63) is 54.1 Å². The van der Waals surface area contributed by atoms with Gasteiger partial charge in [-0.2, -0.15) is 0 Å². The van der Waals surface area contributed by atoms with E-state index in [9.17, 15) is 8.42 Å². The summed E-state index contributed by atoms with van der Waals surface area (Å²) < 4.78 is 23.6. The number of fused-ring (bicyclic) bond motifs is 1. The van der Waals surface area contributed by atoms with E-state index < -0.39 is 9.84 Å². The van der Waals surface area contributed by atoms with Crippen LogP contribution in [0.4, 0.5) is 5.82 Å². The molecule has 0 atom stereocenters. The summed E-state index contributed by atoms with van der Waals surface area (Å²) >= 11 is 0. The van der Waals surface area contributed by atoms with Crippen LogP contribution in [0.25, 0.3) is 10.9 Å². The number of sulfone groups is 1. The molecule has 0 aliphatic heterocycles. The topological polar surface area (TPSA) is 76.1 Å². The van der Waals surface area contributed by atoms with Gasteiger partial charge in [0.05, 0.1) is 22.7 Å². The Morgan fingerprint density at radius 1 is 1.08 bits per heavy atom. The SMILES string of the molecule is Cc1ccc(CN(C)c2ncnc3ccc(S(C)(=O)=O)cc23)nc1. The molecular formula is C17H18N4O2S. The molecule has 1 aromatic carbocycles. The standard InChI is InChI=1S/C17H18N4O2S/c1-12-4-5-13(18-9-12)10-21(2)17-15-8-14(24(3,22)23)6-7-16(15)19-11-20-17/h4-9,11H,10H2,1-3H3. The molecule has 3 rings (SSSR count). The maximum absolute atomic E-state index is 11.8. The minimum absolute atomic E-state index is 0.257. The Hall–Kier alpha value is -2.54. The molecule has 2 heterocycles. The fourth-order valence-corrected chi connectivity index (χ4v) is 3.11. The molecule has 3 aromatic rings. The van der Waals surface area contributed by atoms with Crippen molar-refractivity contribution >= 4 is 26.6 Å². The van der Waals surface area contributed by atoms with Crippen LogP contribution in [0.3, 0.4) is 0 Å². The van der Waals surface area contributed by atoms with Gasteiger partial charge < -0.3 is 4.90 Å². The zero-order valence-electron chi connectivity index (χ0n) is 13.8. The summed E-state index contributed by atoms with van der Waals surface area (Å²) in [5.41, 5.74) is 2.72. The Labute approximate surface area is 141 Å². The van der Waals surface area contributed by atoms with Crippen molar-refractivity contribution in [1.29, 1.82) is 0 Å². The zero-order valence-corrected chi connectivity index (χ0v) is 14.6. The summed E-state index contributed by atoms with van der Waals surface area (Å²) in [6.45, 7) is 2.56. The number of aromatic nitrogens is 3. The Morgan fingerprint density at radius 2 is 1.88 bits per heavy atom. The molecule has 2 aromatic heterocycles. The van der Waals surface area contributed by atoms with Crippen molar-refractivity contribution in [1.82, 2.24) is 15.0 Å². The number of benzene rings is 1. The average molecular weight is 342 g/mol. The van der Waals surface area contributed by atoms with Gasteiger partial charge in [-0.25, -0.2) is 18.4 Å². The van der Waals surface area contributed by atoms with Crippen LogP contribution >= 0.6 is 0 Å². The summed E-state index contributed by atoms with van der Waals surface area (Å²) in [7, 11) is -1.39. The summed E-state index contributed by atoms with van der Waals surface area (Å²) in [4.78, 5) is 15.1. The van der Waals surface area contributed by atoms with Crippen molar-refractivity contribution in [2.75, 3.05) is 18.2 Å². The Morgan fingerprint density at radius 3 is 2.54 bits per heavy atom. The molecule has 7 heteroatoms. The molecule has 124 valence electrons. The van der Waals surface area contributed by atoms with E-state index >= 15 is 0 Å². The summed E-state index contributed by atoms with van der Waals surface area (Å²) in [5, 5.41) is 0.704. The third kappa shape index (κ3) is 3.35. The van der Waals surface area contributed by atoms with Gasteiger partial charge >= 0.3 is 0 Å². The van der Waals surface area contributed by atoms with Crippen LogP contribution in [0.5, 0.6) is 0 Å². The minimum Gasteiger partial charge on any atom is -0.353 e. The number of rotatable bonds is 4. The maximum Gasteiger partial charge on any atom is 0.175 e. The van der Waals surface area contributed by atoms with Crippen molar-refractivity contribution in [2.24, 2.45) is 0 Å². The number of hydrogen-bond acceptors (Lipinski definition) is 6. The molecule has 0 saturated heterocycles. The lowest BCUT2D eigenvalue weighted by molar-refractivity contribution is 0.602. The van der Waals surface area contributed by atoms with Crippen molar-refractivity contribution < 1.29 is 8.42 Å². The molecule has 0 spiro atoms. The van der Waals surface area contributed by atoms with E-state index in [1.165, 1.54) is 12.6 Å². The highest BCUT2D eigenvalue weighted by Gasteiger charge is 2.14. The van der Waals surface area contributed by atoms with Gasteiger partial charge in [0.15, 0.2) is 9.84 Å². The van der Waals surface area contributed by atoms with Gasteiger partial charge in [0.25, 0.3) is 0 Å². The number of anilines is 1. The highest BCUT2D eigenvalue weighted by atomic mass is 32.2. The van der Waals surface area contributed by atoms with Gasteiger partial charge in [0, 0.05) is 24.9 Å². The zero-order chi connectivity index (χ0) is 17.3. The lowest BCUT2D eigenvalue weighted by atomic mass is 10.2. The van der Waals surface area contributed by atoms with Gasteiger partial charge in [-0.1, -0.05) is 6.07 Å². The molecule has 0 saturated carbocycles. The van der Waals surface area contributed by atoms with Gasteiger partial charge in [-0.15, -0.1) is 0 Å². The highest BCUT2D eigenvalue weighted by Crippen LogP contribution is 2.25. The normalized spacial score (nSPS) is 11.6. The predicted octanol–water partition coefficient (Wildman–Crippen LogP) is 2.37. The first-order valence-corrected chi connectivity index (χ1v) is 9.31. The number of aryl methyl sites for hydroxylation is 1. The summed E-state index contributed by atoms with van der Waals surface area (Å²) in [6.07, 6.45) is 4.50. The molecular weight excluding hydrogens is 324 g/mol. The second-order valence-corrected chi connectivity index (χ2v) is 7.85. The van der Waals surface area contributed by atoms with Crippen LogP contribution in [0.2, 0.25) is 0 Å². The second-order valence-electron chi connectivity index (χ2n) is 5.83. The molecule has 24 heavy (non-hydrogen) atoms. The average Bonchev–Trinajstić information content (AvgIpc) is 2.55. The van der Waals surface area contributed by atoms with E-state index in [1.807, 2.05) is 37.2 Å². The smallest absolute Gasteiger partial charge is 0.175 e. The molecule has 0 amide bonds. The van der Waals surface area contributed by atoms with Gasteiger partial charge in [0.2, 0.25) is 0 Å². The summed E-state index contributed by atoms with van der Waals surface area (Å²) in [6, 6.07) is 8.87. The largest absolute Gasteiger partial charge is 0.353 e. The monoisotopic (exact) mass is 342 g/mol. The van der Waals surface area contributed by atoms with E-state index in [0.717, 1.165) is 11.3 Å². The molecule has 0 N–H and O–H groups in total. The maximum atomic E-state index is 11.8. The Kier molecular flexibility index (Phi) is 4.19. The fraction of sp³-hybridized carbons (Fsp3) is 0.235. The quantitative estimate of drug-likeness (QED) is 0.724. The molecule has 0 unspecified atom stereocenters. The van der Waals surface area contributed by atoms with Crippen LogP contribution in [0.15, 0.2) is 47.8 Å². The van der Waals surface area contributed by atoms with E-state index in [-0.39, 0.29) is 4.90 Å². The molecule has 0 bridgehead atoms. The fourth-order valence-electron chi connectivity index (χ4n) is 2.47. The van der Waals surface area contributed by atoms with Gasteiger partial charge in [-0.05, 0) is 36.8 Å². The van der Waals surface area contributed by atoms with E-state index in [4.69, 9.17) is 0 Å². The number of hydrogen-bond donors (Lipinski definition) is 0. The molecule has 0 fully saturated rings. The van der Waals surface area contributed by atoms with Crippen LogP contribution < -0.4 is 4.90 Å². The summed E-state index contributed by atoms with van der Waals surface area (Å²) in [5.74, 6) is 0.674. The Balaban J connectivity index is 2.02. The predicted molar refractivity (Wildman–Crippen MR) is 93.7 cm³/mol. The van der Waals surface area contributed by atoms with E-state index in [1.54, 1.807) is 18.2 Å². The Bertz CT molecular complexity index is 985. The van der Waals surface area contributed by atoms with Gasteiger partial charge in [-0.3, -0.25) is 4.98 Å². The van der Waals surface area contributed by atoms with Crippen LogP contribution in [-0.2, 0) is 16.4 Å². The van der Waals surface area contributed by atoms with Crippen LogP contribution in [0, 0.1) is 6.92 Å². The van der Waals surface area contributed by atoms with Crippen LogP contribution in [-0.4, -0.2) is 36.7 Å². The molecule has 0 radical (unpaired) electrons. The van der Waals surface area contributed by atoms with Crippen LogP contribution in [0.1, 0.15) is 11.3 Å². The molecule has 0 aliphatic carbocycles. The molecule has 6 nitrogen and oxygen atoms in total. The van der Waals surface area contributed by atoms with E-state index in [0.29, 0.717) is 23.3 Å². The minimum atomic E-state index is -3.29. The first kappa shape index (κ1) is 16.3. The van der Waals surface area contributed by atoms with Gasteiger partial charge in [0.1, 0.15) is 12.1 Å². The van der Waals surface area contributed by atoms with Crippen molar-refractivity contribution in [2.45, 2.75) is 18.4 Å².